The molecule has 2 atom stereocenters. The van der Waals surface area contributed by atoms with Gasteiger partial charge in [-0.3, -0.25) is 0 Å². The number of carbonyl (C=O) groups is 1. The quantitative estimate of drug-likeness (QED) is 0.647. The Morgan fingerprint density at radius 3 is 2.96 bits per heavy atom. The van der Waals surface area contributed by atoms with Crippen molar-refractivity contribution in [2.75, 3.05) is 18.6 Å². The van der Waals surface area contributed by atoms with E-state index in [0.717, 1.165) is 6.07 Å². The molecule has 0 unspecified atom stereocenters. The van der Waals surface area contributed by atoms with Gasteiger partial charge in [0.1, 0.15) is 29.4 Å². The summed E-state index contributed by atoms with van der Waals surface area (Å²) in [5.41, 5.74) is 1.17. The SMILES string of the molecule is COC(=O)c1cc(F)cc([C@H]2C[C@H](F)CN2c2ccn3ncc(C#N)c3n2)c1. The molecule has 142 valence electrons. The lowest BCUT2D eigenvalue weighted by atomic mass is 10.0. The highest BCUT2D eigenvalue weighted by molar-refractivity contribution is 5.89. The van der Waals surface area contributed by atoms with Gasteiger partial charge in [-0.15, -0.1) is 0 Å². The van der Waals surface area contributed by atoms with E-state index in [2.05, 4.69) is 14.8 Å². The third-order valence-electron chi connectivity index (χ3n) is 4.75. The van der Waals surface area contributed by atoms with E-state index in [4.69, 9.17) is 0 Å². The van der Waals surface area contributed by atoms with Crippen molar-refractivity contribution in [1.29, 1.82) is 5.26 Å². The number of alkyl halides is 1. The molecule has 7 nitrogen and oxygen atoms in total. The highest BCUT2D eigenvalue weighted by Gasteiger charge is 2.35. The first-order valence-corrected chi connectivity index (χ1v) is 8.54. The molecule has 0 amide bonds. The van der Waals surface area contributed by atoms with Crippen LogP contribution in [0.25, 0.3) is 5.65 Å². The first kappa shape index (κ1) is 17.9. The van der Waals surface area contributed by atoms with E-state index in [1.807, 2.05) is 6.07 Å². The van der Waals surface area contributed by atoms with Crippen molar-refractivity contribution < 1.29 is 18.3 Å². The number of aromatic nitrogens is 3. The Morgan fingerprint density at radius 2 is 2.21 bits per heavy atom. The second-order valence-corrected chi connectivity index (χ2v) is 6.49. The van der Waals surface area contributed by atoms with Crippen LogP contribution in [0.15, 0.2) is 36.7 Å². The number of ether oxygens (including phenoxy) is 1. The summed E-state index contributed by atoms with van der Waals surface area (Å²) in [6, 6.07) is 7.02. The second-order valence-electron chi connectivity index (χ2n) is 6.49. The summed E-state index contributed by atoms with van der Waals surface area (Å²) in [5, 5.41) is 13.2. The van der Waals surface area contributed by atoms with E-state index in [-0.39, 0.29) is 18.5 Å². The van der Waals surface area contributed by atoms with E-state index in [9.17, 15) is 18.8 Å². The molecule has 28 heavy (non-hydrogen) atoms. The first-order valence-electron chi connectivity index (χ1n) is 8.54. The monoisotopic (exact) mass is 383 g/mol. The predicted molar refractivity (Wildman–Crippen MR) is 95.0 cm³/mol. The van der Waals surface area contributed by atoms with Crippen molar-refractivity contribution in [1.82, 2.24) is 14.6 Å². The highest BCUT2D eigenvalue weighted by atomic mass is 19.1. The third kappa shape index (κ3) is 3.03. The Bertz CT molecular complexity index is 1110. The van der Waals surface area contributed by atoms with Crippen LogP contribution in [-0.2, 0) is 4.74 Å². The molecule has 3 aromatic rings. The molecule has 9 heteroatoms. The topological polar surface area (TPSA) is 83.5 Å². The van der Waals surface area contributed by atoms with Crippen molar-refractivity contribution >= 4 is 17.4 Å². The fraction of sp³-hybridized carbons (Fsp3) is 0.263. The summed E-state index contributed by atoms with van der Waals surface area (Å²) in [5.74, 6) is -0.829. The molecule has 0 N–H and O–H groups in total. The van der Waals surface area contributed by atoms with Gasteiger partial charge in [0.25, 0.3) is 0 Å². The molecule has 0 bridgehead atoms. The van der Waals surface area contributed by atoms with E-state index in [1.165, 1.54) is 30.0 Å². The van der Waals surface area contributed by atoms with Gasteiger partial charge in [-0.25, -0.2) is 23.1 Å². The van der Waals surface area contributed by atoms with Crippen LogP contribution in [0.1, 0.15) is 33.9 Å². The van der Waals surface area contributed by atoms with Gasteiger partial charge in [0, 0.05) is 12.6 Å². The van der Waals surface area contributed by atoms with Gasteiger partial charge in [-0.05, 0) is 29.8 Å². The molecule has 0 radical (unpaired) electrons. The van der Waals surface area contributed by atoms with Crippen LogP contribution in [0, 0.1) is 17.1 Å². The van der Waals surface area contributed by atoms with Gasteiger partial charge in [0.2, 0.25) is 0 Å². The Balaban J connectivity index is 1.77. The summed E-state index contributed by atoms with van der Waals surface area (Å²) in [7, 11) is 1.21. The average molecular weight is 383 g/mol. The third-order valence-corrected chi connectivity index (χ3v) is 4.75. The van der Waals surface area contributed by atoms with Gasteiger partial charge in [-0.2, -0.15) is 10.4 Å². The molecule has 1 fully saturated rings. The smallest absolute Gasteiger partial charge is 0.337 e. The molecular formula is C19H15F2N5O2. The van der Waals surface area contributed by atoms with Crippen LogP contribution in [0.3, 0.4) is 0 Å². The number of rotatable bonds is 3. The van der Waals surface area contributed by atoms with E-state index in [0.29, 0.717) is 22.6 Å². The number of hydrogen-bond donors (Lipinski definition) is 0. The van der Waals surface area contributed by atoms with Gasteiger partial charge in [0.05, 0.1) is 31.5 Å². The number of hydrogen-bond acceptors (Lipinski definition) is 6. The molecule has 1 aromatic carbocycles. The minimum absolute atomic E-state index is 0.0609. The number of esters is 1. The number of nitrogens with zero attached hydrogens (tertiary/aromatic N) is 5. The van der Waals surface area contributed by atoms with Gasteiger partial charge >= 0.3 is 5.97 Å². The lowest BCUT2D eigenvalue weighted by molar-refractivity contribution is 0.0600. The molecule has 0 spiro atoms. The molecule has 1 saturated heterocycles. The van der Waals surface area contributed by atoms with Gasteiger partial charge in [-0.1, -0.05) is 0 Å². The number of methoxy groups -OCH3 is 1. The lowest BCUT2D eigenvalue weighted by Gasteiger charge is -2.26. The van der Waals surface area contributed by atoms with Crippen molar-refractivity contribution in [3.05, 3.63) is 59.2 Å². The number of fused-ring (bicyclic) bond motifs is 1. The van der Waals surface area contributed by atoms with Crippen LogP contribution < -0.4 is 4.90 Å². The molecule has 2 aromatic heterocycles. The van der Waals surface area contributed by atoms with Crippen LogP contribution in [0.2, 0.25) is 0 Å². The maximum absolute atomic E-state index is 14.3. The van der Waals surface area contributed by atoms with Gasteiger partial charge < -0.3 is 9.64 Å². The van der Waals surface area contributed by atoms with Crippen molar-refractivity contribution in [2.45, 2.75) is 18.6 Å². The van der Waals surface area contributed by atoms with Crippen LogP contribution in [-0.4, -0.2) is 40.4 Å². The van der Waals surface area contributed by atoms with E-state index in [1.54, 1.807) is 17.2 Å². The largest absolute Gasteiger partial charge is 0.465 e. The number of benzene rings is 1. The summed E-state index contributed by atoms with van der Waals surface area (Å²) in [4.78, 5) is 18.0. The Kier molecular flexibility index (Phi) is 4.39. The number of halogens is 2. The normalized spacial score (nSPS) is 19.0. The van der Waals surface area contributed by atoms with E-state index >= 15 is 0 Å². The number of carbonyl (C=O) groups excluding carboxylic acids is 1. The fourth-order valence-electron chi connectivity index (χ4n) is 3.49. The molecule has 0 aliphatic carbocycles. The first-order chi connectivity index (χ1) is 13.5. The molecule has 0 saturated carbocycles. The number of nitriles is 1. The Labute approximate surface area is 158 Å². The van der Waals surface area contributed by atoms with Crippen LogP contribution >= 0.6 is 0 Å². The van der Waals surface area contributed by atoms with E-state index < -0.39 is 24.0 Å². The van der Waals surface area contributed by atoms with Crippen molar-refractivity contribution in [3.8, 4) is 6.07 Å². The minimum Gasteiger partial charge on any atom is -0.465 e. The molecule has 3 heterocycles. The second kappa shape index (κ2) is 6.88. The maximum atomic E-state index is 14.3. The standard InChI is InChI=1S/C19H15F2N5O2/c1-28-19(27)12-4-11(5-14(20)6-12)16-7-15(21)10-25(16)17-2-3-26-18(24-17)13(8-22)9-23-26/h2-6,9,15-16H,7,10H2,1H3/t15-,16+/m0/s1. The maximum Gasteiger partial charge on any atom is 0.337 e. The summed E-state index contributed by atoms with van der Waals surface area (Å²) in [6.07, 6.45) is 2.02. The average Bonchev–Trinajstić information content (AvgIpc) is 3.29. The summed E-state index contributed by atoms with van der Waals surface area (Å²) < 4.78 is 34.5. The highest BCUT2D eigenvalue weighted by Crippen LogP contribution is 2.37. The summed E-state index contributed by atoms with van der Waals surface area (Å²) >= 11 is 0. The van der Waals surface area contributed by atoms with Crippen molar-refractivity contribution in [3.63, 3.8) is 0 Å². The lowest BCUT2D eigenvalue weighted by Crippen LogP contribution is -2.25. The zero-order chi connectivity index (χ0) is 19.8. The van der Waals surface area contributed by atoms with Crippen LogP contribution in [0.4, 0.5) is 14.6 Å². The van der Waals surface area contributed by atoms with Crippen molar-refractivity contribution in [2.24, 2.45) is 0 Å². The minimum atomic E-state index is -1.15. The molecule has 1 aliphatic rings. The Hall–Kier alpha value is -3.54. The molecular weight excluding hydrogens is 368 g/mol. The zero-order valence-corrected chi connectivity index (χ0v) is 14.8. The zero-order valence-electron chi connectivity index (χ0n) is 14.8. The van der Waals surface area contributed by atoms with Gasteiger partial charge in [0.15, 0.2) is 5.65 Å². The number of anilines is 1. The summed E-state index contributed by atoms with van der Waals surface area (Å²) in [6.45, 7) is 0.0634. The predicted octanol–water partition coefficient (Wildman–Crippen LogP) is 2.82. The molecule has 1 aliphatic heterocycles. The Morgan fingerprint density at radius 1 is 1.39 bits per heavy atom. The molecule has 4 rings (SSSR count). The fourth-order valence-corrected chi connectivity index (χ4v) is 3.49. The van der Waals surface area contributed by atoms with Crippen LogP contribution in [0.5, 0.6) is 0 Å².